The smallest absolute Gasteiger partial charge is 0.199 e. The number of halogens is 2. The monoisotopic (exact) mass is 313 g/mol. The third-order valence-corrected chi connectivity index (χ3v) is 4.21. The molecule has 0 amide bonds. The van der Waals surface area contributed by atoms with Crippen LogP contribution in [0.1, 0.15) is 5.69 Å². The zero-order valence-electron chi connectivity index (χ0n) is 9.62. The molecule has 0 aliphatic carbocycles. The van der Waals surface area contributed by atoms with E-state index >= 15 is 0 Å². The highest BCUT2D eigenvalue weighted by Gasteiger charge is 2.09. The van der Waals surface area contributed by atoms with Crippen LogP contribution in [0.2, 0.25) is 10.0 Å². The second kappa shape index (κ2) is 5.74. The maximum absolute atomic E-state index is 12.0. The molecule has 0 bridgehead atoms. The highest BCUT2D eigenvalue weighted by atomic mass is 35.5. The summed E-state index contributed by atoms with van der Waals surface area (Å²) in [5.74, 6) is 0. The lowest BCUT2D eigenvalue weighted by Gasteiger charge is -1.99. The van der Waals surface area contributed by atoms with E-state index in [1.807, 2.05) is 0 Å². The normalized spacial score (nSPS) is 11.9. The van der Waals surface area contributed by atoms with Crippen LogP contribution in [0.3, 0.4) is 0 Å². The van der Waals surface area contributed by atoms with Gasteiger partial charge in [-0.25, -0.2) is 8.42 Å². The number of pyridine rings is 1. The van der Waals surface area contributed by atoms with Gasteiger partial charge in [0.25, 0.3) is 0 Å². The van der Waals surface area contributed by atoms with Crippen molar-refractivity contribution in [3.8, 4) is 0 Å². The first kappa shape index (κ1) is 14.1. The van der Waals surface area contributed by atoms with Gasteiger partial charge in [0.15, 0.2) is 9.84 Å². The fourth-order valence-corrected chi connectivity index (χ4v) is 2.58. The van der Waals surface area contributed by atoms with Gasteiger partial charge in [0.05, 0.1) is 15.6 Å². The van der Waals surface area contributed by atoms with E-state index in [9.17, 15) is 8.42 Å². The minimum atomic E-state index is -3.50. The van der Waals surface area contributed by atoms with Crippen LogP contribution >= 0.6 is 23.2 Å². The molecule has 6 heteroatoms. The van der Waals surface area contributed by atoms with Gasteiger partial charge in [-0.3, -0.25) is 4.98 Å². The number of hydrogen-bond acceptors (Lipinski definition) is 3. The summed E-state index contributed by atoms with van der Waals surface area (Å²) < 4.78 is 24.0. The molecule has 0 radical (unpaired) electrons. The highest BCUT2D eigenvalue weighted by Crippen LogP contribution is 2.17. The van der Waals surface area contributed by atoms with Gasteiger partial charge in [-0.1, -0.05) is 23.2 Å². The topological polar surface area (TPSA) is 47.0 Å². The third kappa shape index (κ3) is 3.80. The molecule has 1 aromatic carbocycles. The molecular formula is C13H9Cl2NO2S. The van der Waals surface area contributed by atoms with Crippen molar-refractivity contribution in [2.75, 3.05) is 0 Å². The summed E-state index contributed by atoms with van der Waals surface area (Å²) in [6.45, 7) is 0. The molecule has 1 aromatic heterocycles. The Morgan fingerprint density at radius 1 is 0.947 bits per heavy atom. The Morgan fingerprint density at radius 2 is 1.58 bits per heavy atom. The minimum Gasteiger partial charge on any atom is -0.255 e. The molecule has 0 aliphatic rings. The first-order valence-electron chi connectivity index (χ1n) is 5.28. The molecule has 0 spiro atoms. The van der Waals surface area contributed by atoms with Crippen LogP contribution in [0.15, 0.2) is 52.9 Å². The van der Waals surface area contributed by atoms with Gasteiger partial charge < -0.3 is 0 Å². The molecule has 1 heterocycles. The number of sulfone groups is 1. The second-order valence-electron chi connectivity index (χ2n) is 3.70. The van der Waals surface area contributed by atoms with Crippen molar-refractivity contribution in [2.45, 2.75) is 4.90 Å². The standard InChI is InChI=1S/C13H9Cl2NO2S/c14-10-2-5-13(6-3-10)19(17,18)8-7-12-4-1-11(15)9-16-12/h1-9H/b8-7+. The van der Waals surface area contributed by atoms with E-state index in [2.05, 4.69) is 4.98 Å². The maximum atomic E-state index is 12.0. The van der Waals surface area contributed by atoms with Crippen LogP contribution in [0, 0.1) is 0 Å². The molecule has 19 heavy (non-hydrogen) atoms. The summed E-state index contributed by atoms with van der Waals surface area (Å²) in [7, 11) is -3.50. The SMILES string of the molecule is O=S(=O)(/C=C/c1ccc(Cl)cn1)c1ccc(Cl)cc1. The Morgan fingerprint density at radius 3 is 2.16 bits per heavy atom. The van der Waals surface area contributed by atoms with Crippen LogP contribution in [0.5, 0.6) is 0 Å². The molecule has 2 rings (SSSR count). The van der Waals surface area contributed by atoms with Crippen molar-refractivity contribution in [2.24, 2.45) is 0 Å². The maximum Gasteiger partial charge on any atom is 0.199 e. The molecule has 0 fully saturated rings. The molecule has 98 valence electrons. The number of hydrogen-bond donors (Lipinski definition) is 0. The van der Waals surface area contributed by atoms with E-state index in [-0.39, 0.29) is 4.90 Å². The van der Waals surface area contributed by atoms with E-state index in [0.29, 0.717) is 15.7 Å². The Bertz CT molecular complexity index is 692. The molecule has 2 aromatic rings. The van der Waals surface area contributed by atoms with Crippen LogP contribution in [0.4, 0.5) is 0 Å². The van der Waals surface area contributed by atoms with Crippen molar-refractivity contribution in [1.29, 1.82) is 0 Å². The molecule has 0 saturated carbocycles. The fraction of sp³-hybridized carbons (Fsp3) is 0. The summed E-state index contributed by atoms with van der Waals surface area (Å²) in [4.78, 5) is 4.17. The third-order valence-electron chi connectivity index (χ3n) is 2.31. The molecule has 0 unspecified atom stereocenters. The van der Waals surface area contributed by atoms with Crippen molar-refractivity contribution < 1.29 is 8.42 Å². The van der Waals surface area contributed by atoms with E-state index in [0.717, 1.165) is 5.41 Å². The van der Waals surface area contributed by atoms with E-state index in [1.54, 1.807) is 12.1 Å². The van der Waals surface area contributed by atoms with Crippen molar-refractivity contribution in [3.63, 3.8) is 0 Å². The van der Waals surface area contributed by atoms with Crippen molar-refractivity contribution >= 4 is 39.1 Å². The van der Waals surface area contributed by atoms with E-state index in [1.165, 1.54) is 36.5 Å². The molecule has 0 atom stereocenters. The first-order valence-corrected chi connectivity index (χ1v) is 7.58. The van der Waals surface area contributed by atoms with E-state index < -0.39 is 9.84 Å². The van der Waals surface area contributed by atoms with Crippen LogP contribution < -0.4 is 0 Å². The average Bonchev–Trinajstić information content (AvgIpc) is 2.39. The number of benzene rings is 1. The lowest BCUT2D eigenvalue weighted by Crippen LogP contribution is -1.95. The van der Waals surface area contributed by atoms with Gasteiger partial charge in [-0.05, 0) is 42.5 Å². The predicted octanol–water partition coefficient (Wildman–Crippen LogP) is 3.83. The predicted molar refractivity (Wildman–Crippen MR) is 76.9 cm³/mol. The van der Waals surface area contributed by atoms with Crippen LogP contribution in [-0.4, -0.2) is 13.4 Å². The van der Waals surface area contributed by atoms with Crippen LogP contribution in [-0.2, 0) is 9.84 Å². The van der Waals surface area contributed by atoms with Crippen molar-refractivity contribution in [1.82, 2.24) is 4.98 Å². The summed E-state index contributed by atoms with van der Waals surface area (Å²) in [5, 5.41) is 2.09. The van der Waals surface area contributed by atoms with Gasteiger partial charge in [0, 0.05) is 16.6 Å². The highest BCUT2D eigenvalue weighted by molar-refractivity contribution is 7.94. The summed E-state index contributed by atoms with van der Waals surface area (Å²) in [6, 6.07) is 9.25. The van der Waals surface area contributed by atoms with Gasteiger partial charge >= 0.3 is 0 Å². The second-order valence-corrected chi connectivity index (χ2v) is 6.41. The lowest BCUT2D eigenvalue weighted by molar-refractivity contribution is 0.605. The Balaban J connectivity index is 2.26. The van der Waals surface area contributed by atoms with Crippen molar-refractivity contribution in [3.05, 3.63) is 63.7 Å². The molecular weight excluding hydrogens is 305 g/mol. The van der Waals surface area contributed by atoms with Gasteiger partial charge in [0.2, 0.25) is 0 Å². The summed E-state index contributed by atoms with van der Waals surface area (Å²) in [6.07, 6.45) is 2.87. The zero-order valence-corrected chi connectivity index (χ0v) is 12.0. The van der Waals surface area contributed by atoms with E-state index in [4.69, 9.17) is 23.2 Å². The molecule has 0 N–H and O–H groups in total. The van der Waals surface area contributed by atoms with Gasteiger partial charge in [0.1, 0.15) is 0 Å². The fourth-order valence-electron chi connectivity index (χ4n) is 1.35. The molecule has 0 aliphatic heterocycles. The average molecular weight is 314 g/mol. The Kier molecular flexibility index (Phi) is 4.24. The minimum absolute atomic E-state index is 0.183. The molecule has 0 saturated heterocycles. The lowest BCUT2D eigenvalue weighted by atomic mass is 10.3. The largest absolute Gasteiger partial charge is 0.255 e. The molecule has 3 nitrogen and oxygen atoms in total. The number of aromatic nitrogens is 1. The summed E-state index contributed by atoms with van der Waals surface area (Å²) in [5.41, 5.74) is 0.516. The quantitative estimate of drug-likeness (QED) is 0.865. The Hall–Kier alpha value is -1.36. The number of nitrogens with zero attached hydrogens (tertiary/aromatic N) is 1. The first-order chi connectivity index (χ1) is 8.97. The Labute approximate surface area is 121 Å². The van der Waals surface area contributed by atoms with Gasteiger partial charge in [-0.2, -0.15) is 0 Å². The number of rotatable bonds is 3. The van der Waals surface area contributed by atoms with Gasteiger partial charge in [-0.15, -0.1) is 0 Å². The van der Waals surface area contributed by atoms with Crippen LogP contribution in [0.25, 0.3) is 6.08 Å². The summed E-state index contributed by atoms with van der Waals surface area (Å²) >= 11 is 11.4. The zero-order chi connectivity index (χ0) is 13.9.